The highest BCUT2D eigenvalue weighted by Gasteiger charge is 2.18. The molecule has 1 N–H and O–H groups in total. The van der Waals surface area contributed by atoms with Crippen LogP contribution in [-0.2, 0) is 0 Å². The van der Waals surface area contributed by atoms with Crippen LogP contribution in [0, 0.1) is 0 Å². The number of hydrogen-bond acceptors (Lipinski definition) is 7. The first kappa shape index (κ1) is 22.2. The van der Waals surface area contributed by atoms with Crippen molar-refractivity contribution in [2.45, 2.75) is 0 Å². The van der Waals surface area contributed by atoms with Gasteiger partial charge < -0.3 is 24.1 Å². The van der Waals surface area contributed by atoms with Crippen LogP contribution in [0.1, 0.15) is 10.4 Å². The van der Waals surface area contributed by atoms with E-state index >= 15 is 0 Å². The van der Waals surface area contributed by atoms with E-state index in [4.69, 9.17) is 30.3 Å². The number of aromatic nitrogens is 2. The fraction of sp³-hybridized carbons (Fsp3) is 0.125. The molecule has 0 saturated carbocycles. The van der Waals surface area contributed by atoms with E-state index in [0.717, 1.165) is 5.56 Å². The molecule has 3 aromatic carbocycles. The Morgan fingerprint density at radius 3 is 2.21 bits per heavy atom. The summed E-state index contributed by atoms with van der Waals surface area (Å²) in [4.78, 5) is 16.9. The van der Waals surface area contributed by atoms with Gasteiger partial charge in [0, 0.05) is 27.4 Å². The van der Waals surface area contributed by atoms with Gasteiger partial charge in [0.25, 0.3) is 11.8 Å². The molecule has 0 atom stereocenters. The summed E-state index contributed by atoms with van der Waals surface area (Å²) in [6, 6.07) is 17.3. The van der Waals surface area contributed by atoms with E-state index in [1.807, 2.05) is 0 Å². The van der Waals surface area contributed by atoms with Crippen molar-refractivity contribution in [3.05, 3.63) is 71.2 Å². The van der Waals surface area contributed by atoms with Gasteiger partial charge >= 0.3 is 0 Å². The number of carbonyl (C=O) groups is 1. The molecule has 4 rings (SSSR count). The predicted octanol–water partition coefficient (Wildman–Crippen LogP) is 5.34. The van der Waals surface area contributed by atoms with Gasteiger partial charge in [-0.25, -0.2) is 0 Å². The van der Waals surface area contributed by atoms with Gasteiger partial charge in [-0.1, -0.05) is 22.8 Å². The summed E-state index contributed by atoms with van der Waals surface area (Å²) in [7, 11) is 4.60. The van der Waals surface area contributed by atoms with E-state index in [9.17, 15) is 4.79 Å². The lowest BCUT2D eigenvalue weighted by molar-refractivity contribution is 0.102. The highest BCUT2D eigenvalue weighted by molar-refractivity contribution is 6.31. The highest BCUT2D eigenvalue weighted by Crippen LogP contribution is 2.41. The minimum atomic E-state index is -0.255. The zero-order valence-corrected chi connectivity index (χ0v) is 18.8. The van der Waals surface area contributed by atoms with Crippen LogP contribution in [0.25, 0.3) is 22.8 Å². The lowest BCUT2D eigenvalue weighted by Crippen LogP contribution is -2.11. The van der Waals surface area contributed by atoms with E-state index < -0.39 is 0 Å². The quantitative estimate of drug-likeness (QED) is 0.393. The Labute approximate surface area is 195 Å². The summed E-state index contributed by atoms with van der Waals surface area (Å²) in [5.74, 6) is 1.86. The van der Waals surface area contributed by atoms with Gasteiger partial charge in [0.2, 0.25) is 11.6 Å². The molecule has 0 bridgehead atoms. The van der Waals surface area contributed by atoms with Gasteiger partial charge in [0.15, 0.2) is 11.5 Å². The average Bonchev–Trinajstić information content (AvgIpc) is 3.34. The van der Waals surface area contributed by atoms with Gasteiger partial charge in [0.05, 0.1) is 21.3 Å². The molecule has 1 heterocycles. The van der Waals surface area contributed by atoms with Crippen LogP contribution in [0.5, 0.6) is 17.2 Å². The maximum Gasteiger partial charge on any atom is 0.258 e. The minimum absolute atomic E-state index is 0.255. The number of anilines is 1. The van der Waals surface area contributed by atoms with Crippen LogP contribution < -0.4 is 19.5 Å². The summed E-state index contributed by atoms with van der Waals surface area (Å²) in [5, 5.41) is 7.39. The van der Waals surface area contributed by atoms with Crippen LogP contribution in [0.2, 0.25) is 5.02 Å². The number of methoxy groups -OCH3 is 3. The molecule has 0 aliphatic heterocycles. The van der Waals surface area contributed by atoms with Crippen LogP contribution in [-0.4, -0.2) is 37.4 Å². The first-order valence-corrected chi connectivity index (χ1v) is 10.2. The Morgan fingerprint density at radius 1 is 0.909 bits per heavy atom. The molecule has 0 unspecified atom stereocenters. The van der Waals surface area contributed by atoms with E-state index in [2.05, 4.69) is 15.5 Å². The van der Waals surface area contributed by atoms with Crippen molar-refractivity contribution in [3.8, 4) is 40.1 Å². The van der Waals surface area contributed by atoms with E-state index in [1.165, 1.54) is 21.3 Å². The second-order valence-electron chi connectivity index (χ2n) is 6.88. The van der Waals surface area contributed by atoms with Crippen molar-refractivity contribution in [3.63, 3.8) is 0 Å². The van der Waals surface area contributed by atoms with Crippen molar-refractivity contribution >= 4 is 23.2 Å². The number of halogens is 1. The maximum atomic E-state index is 12.4. The normalized spacial score (nSPS) is 10.5. The Hall–Kier alpha value is -4.04. The summed E-state index contributed by atoms with van der Waals surface area (Å²) in [6.45, 7) is 0. The molecule has 0 fully saturated rings. The van der Waals surface area contributed by atoms with Crippen LogP contribution in [0.15, 0.2) is 65.2 Å². The Bertz CT molecular complexity index is 1260. The zero-order valence-electron chi connectivity index (χ0n) is 18.1. The van der Waals surface area contributed by atoms with Crippen molar-refractivity contribution in [1.29, 1.82) is 0 Å². The lowest BCUT2D eigenvalue weighted by Gasteiger charge is -2.12. The molecule has 0 radical (unpaired) electrons. The summed E-state index contributed by atoms with van der Waals surface area (Å²) >= 11 is 5.95. The largest absolute Gasteiger partial charge is 0.493 e. The molecule has 0 saturated heterocycles. The molecule has 8 nitrogen and oxygen atoms in total. The van der Waals surface area contributed by atoms with Crippen LogP contribution >= 0.6 is 11.6 Å². The number of ether oxygens (including phenoxy) is 3. The second kappa shape index (κ2) is 9.62. The van der Waals surface area contributed by atoms with Gasteiger partial charge in [0.1, 0.15) is 0 Å². The molecule has 33 heavy (non-hydrogen) atoms. The van der Waals surface area contributed by atoms with Gasteiger partial charge in [-0.05, 0) is 54.6 Å². The third-order valence-corrected chi connectivity index (χ3v) is 5.06. The Morgan fingerprint density at radius 2 is 1.61 bits per heavy atom. The summed E-state index contributed by atoms with van der Waals surface area (Å²) in [5.41, 5.74) is 2.43. The van der Waals surface area contributed by atoms with Crippen molar-refractivity contribution in [2.24, 2.45) is 0 Å². The van der Waals surface area contributed by atoms with Crippen molar-refractivity contribution < 1.29 is 23.5 Å². The fourth-order valence-corrected chi connectivity index (χ4v) is 3.39. The fourth-order valence-electron chi connectivity index (χ4n) is 3.20. The highest BCUT2D eigenvalue weighted by atomic mass is 35.5. The van der Waals surface area contributed by atoms with Crippen LogP contribution in [0.3, 0.4) is 0 Å². The first-order valence-electron chi connectivity index (χ1n) is 9.84. The number of amides is 1. The van der Waals surface area contributed by atoms with Gasteiger partial charge in [-0.3, -0.25) is 4.79 Å². The maximum absolute atomic E-state index is 12.4. The number of hydrogen-bond donors (Lipinski definition) is 1. The Balaban J connectivity index is 1.54. The van der Waals surface area contributed by atoms with Crippen molar-refractivity contribution in [1.82, 2.24) is 10.1 Å². The van der Waals surface area contributed by atoms with Gasteiger partial charge in [-0.2, -0.15) is 4.98 Å². The standard InChI is InChI=1S/C24H20ClN3O5/c1-30-19-12-16(13-20(31-2)21(19)32-3)24-27-22(28-33-24)14-7-9-18(10-8-14)26-23(29)15-5-4-6-17(25)11-15/h4-13H,1-3H3,(H,26,29). The van der Waals surface area contributed by atoms with Crippen molar-refractivity contribution in [2.75, 3.05) is 26.6 Å². The smallest absolute Gasteiger partial charge is 0.258 e. The molecule has 0 aliphatic rings. The second-order valence-corrected chi connectivity index (χ2v) is 7.32. The monoisotopic (exact) mass is 465 g/mol. The lowest BCUT2D eigenvalue weighted by atomic mass is 10.1. The third kappa shape index (κ3) is 4.75. The number of carbonyl (C=O) groups excluding carboxylic acids is 1. The average molecular weight is 466 g/mol. The minimum Gasteiger partial charge on any atom is -0.493 e. The SMILES string of the molecule is COc1cc(-c2nc(-c3ccc(NC(=O)c4cccc(Cl)c4)cc3)no2)cc(OC)c1OC. The first-order chi connectivity index (χ1) is 16.0. The number of nitrogens with one attached hydrogen (secondary N) is 1. The molecular formula is C24H20ClN3O5. The number of benzene rings is 3. The topological polar surface area (TPSA) is 95.7 Å². The zero-order chi connectivity index (χ0) is 23.4. The molecule has 0 aliphatic carbocycles. The number of rotatable bonds is 7. The molecule has 1 amide bonds. The molecule has 0 spiro atoms. The Kier molecular flexibility index (Phi) is 6.46. The molecule has 9 heteroatoms. The summed E-state index contributed by atoms with van der Waals surface area (Å²) in [6.07, 6.45) is 0. The van der Waals surface area contributed by atoms with E-state index in [-0.39, 0.29) is 5.91 Å². The van der Waals surface area contributed by atoms with E-state index in [0.29, 0.717) is 50.8 Å². The molecule has 168 valence electrons. The van der Waals surface area contributed by atoms with E-state index in [1.54, 1.807) is 60.7 Å². The van der Waals surface area contributed by atoms with Gasteiger partial charge in [-0.15, -0.1) is 0 Å². The molecule has 1 aromatic heterocycles. The third-order valence-electron chi connectivity index (χ3n) is 4.83. The molecular weight excluding hydrogens is 446 g/mol. The predicted molar refractivity (Wildman–Crippen MR) is 124 cm³/mol. The summed E-state index contributed by atoms with van der Waals surface area (Å²) < 4.78 is 21.5. The molecule has 4 aromatic rings. The van der Waals surface area contributed by atoms with Crippen LogP contribution in [0.4, 0.5) is 5.69 Å². The number of nitrogens with zero attached hydrogens (tertiary/aromatic N) is 2.